The number of amides is 2. The minimum Gasteiger partial charge on any atom is -0.356 e. The molecule has 1 heterocycles. The molecule has 6 nitrogen and oxygen atoms in total. The van der Waals surface area contributed by atoms with E-state index in [-0.39, 0.29) is 41.6 Å². The Hall–Kier alpha value is -2.49. The Morgan fingerprint density at radius 1 is 0.966 bits per heavy atom. The van der Waals surface area contributed by atoms with Gasteiger partial charge in [0.1, 0.15) is 5.82 Å². The summed E-state index contributed by atoms with van der Waals surface area (Å²) in [5, 5.41) is 6.35. The number of guanidine groups is 1. The predicted octanol–water partition coefficient (Wildman–Crippen LogP) is 3.19. The van der Waals surface area contributed by atoms with Gasteiger partial charge in [0.05, 0.1) is 11.1 Å². The van der Waals surface area contributed by atoms with Crippen molar-refractivity contribution in [1.82, 2.24) is 15.5 Å². The highest BCUT2D eigenvalue weighted by Crippen LogP contribution is 2.22. The van der Waals surface area contributed by atoms with E-state index in [4.69, 9.17) is 0 Å². The highest BCUT2D eigenvalue weighted by Gasteiger charge is 2.34. The quantitative estimate of drug-likeness (QED) is 0.197. The molecule has 154 valence electrons. The minimum atomic E-state index is -0.260. The molecule has 8 heteroatoms. The van der Waals surface area contributed by atoms with Crippen LogP contribution >= 0.6 is 24.0 Å². The van der Waals surface area contributed by atoms with Gasteiger partial charge < -0.3 is 10.6 Å². The van der Waals surface area contributed by atoms with Crippen molar-refractivity contribution in [3.8, 4) is 0 Å². The average Bonchev–Trinajstić information content (AvgIpc) is 2.96. The molecule has 0 saturated heterocycles. The SMILES string of the molecule is CN=C(NCCCCN1C(=O)c2ccccc2C1=O)NCc1ccc(F)cc1.I. The predicted molar refractivity (Wildman–Crippen MR) is 121 cm³/mol. The van der Waals surface area contributed by atoms with E-state index in [0.29, 0.717) is 43.1 Å². The smallest absolute Gasteiger partial charge is 0.261 e. The third kappa shape index (κ3) is 5.75. The number of benzene rings is 2. The summed E-state index contributed by atoms with van der Waals surface area (Å²) < 4.78 is 12.9. The largest absolute Gasteiger partial charge is 0.356 e. The van der Waals surface area contributed by atoms with Gasteiger partial charge in [-0.25, -0.2) is 4.39 Å². The van der Waals surface area contributed by atoms with Gasteiger partial charge in [0.25, 0.3) is 11.8 Å². The van der Waals surface area contributed by atoms with E-state index < -0.39 is 0 Å². The molecular weight excluding hydrogens is 486 g/mol. The first-order valence-electron chi connectivity index (χ1n) is 9.24. The lowest BCUT2D eigenvalue weighted by atomic mass is 10.1. The maximum atomic E-state index is 12.9. The summed E-state index contributed by atoms with van der Waals surface area (Å²) in [6, 6.07) is 13.2. The Kier molecular flexibility index (Phi) is 8.56. The van der Waals surface area contributed by atoms with Crippen molar-refractivity contribution in [3.05, 3.63) is 71.0 Å². The molecule has 3 rings (SSSR count). The van der Waals surface area contributed by atoms with Crippen LogP contribution < -0.4 is 10.6 Å². The summed E-state index contributed by atoms with van der Waals surface area (Å²) in [4.78, 5) is 30.1. The van der Waals surface area contributed by atoms with Crippen LogP contribution in [0.5, 0.6) is 0 Å². The molecule has 1 aliphatic heterocycles. The van der Waals surface area contributed by atoms with Crippen molar-refractivity contribution >= 4 is 41.8 Å². The fourth-order valence-corrected chi connectivity index (χ4v) is 3.05. The Balaban J connectivity index is 0.00000300. The van der Waals surface area contributed by atoms with Crippen molar-refractivity contribution < 1.29 is 14.0 Å². The zero-order chi connectivity index (χ0) is 19.9. The standard InChI is InChI=1S/C21H23FN4O2.HI/c1-23-21(25-14-15-8-10-16(22)11-9-15)24-12-4-5-13-26-19(27)17-6-2-3-7-18(17)20(26)28;/h2-3,6-11H,4-5,12-14H2,1H3,(H2,23,24,25);1H. The number of nitrogens with one attached hydrogen (secondary N) is 2. The number of carbonyl (C=O) groups is 2. The van der Waals surface area contributed by atoms with E-state index in [1.54, 1.807) is 43.4 Å². The second-order valence-corrected chi connectivity index (χ2v) is 6.49. The number of carbonyl (C=O) groups excluding carboxylic acids is 2. The van der Waals surface area contributed by atoms with Gasteiger partial charge in [-0.05, 0) is 42.7 Å². The molecule has 0 bridgehead atoms. The van der Waals surface area contributed by atoms with Crippen LogP contribution in [0, 0.1) is 5.82 Å². The number of imide groups is 1. The van der Waals surface area contributed by atoms with E-state index in [0.717, 1.165) is 12.0 Å². The molecule has 0 aromatic heterocycles. The zero-order valence-electron chi connectivity index (χ0n) is 16.2. The summed E-state index contributed by atoms with van der Waals surface area (Å²) in [5.41, 5.74) is 1.92. The van der Waals surface area contributed by atoms with Crippen LogP contribution in [0.4, 0.5) is 4.39 Å². The molecule has 0 fully saturated rings. The van der Waals surface area contributed by atoms with Gasteiger partial charge in [-0.1, -0.05) is 24.3 Å². The maximum absolute atomic E-state index is 12.9. The third-order valence-corrected chi connectivity index (χ3v) is 4.58. The number of nitrogens with zero attached hydrogens (tertiary/aromatic N) is 2. The molecule has 0 saturated carbocycles. The molecule has 0 radical (unpaired) electrons. The average molecular weight is 510 g/mol. The van der Waals surface area contributed by atoms with E-state index in [1.165, 1.54) is 17.0 Å². The summed E-state index contributed by atoms with van der Waals surface area (Å²) in [5.74, 6) is -0.0509. The van der Waals surface area contributed by atoms with E-state index in [1.807, 2.05) is 0 Å². The lowest BCUT2D eigenvalue weighted by molar-refractivity contribution is 0.0652. The van der Waals surface area contributed by atoms with Crippen LogP contribution in [-0.4, -0.2) is 42.8 Å². The van der Waals surface area contributed by atoms with Crippen molar-refractivity contribution in [2.24, 2.45) is 4.99 Å². The van der Waals surface area contributed by atoms with Gasteiger partial charge in [0, 0.05) is 26.7 Å². The first-order valence-corrected chi connectivity index (χ1v) is 9.24. The van der Waals surface area contributed by atoms with Crippen LogP contribution in [0.3, 0.4) is 0 Å². The number of rotatable bonds is 7. The number of fused-ring (bicyclic) bond motifs is 1. The van der Waals surface area contributed by atoms with Gasteiger partial charge in [-0.2, -0.15) is 0 Å². The van der Waals surface area contributed by atoms with Crippen molar-refractivity contribution in [3.63, 3.8) is 0 Å². The highest BCUT2D eigenvalue weighted by atomic mass is 127. The van der Waals surface area contributed by atoms with Crippen molar-refractivity contribution in [2.45, 2.75) is 19.4 Å². The van der Waals surface area contributed by atoms with E-state index in [2.05, 4.69) is 15.6 Å². The molecule has 29 heavy (non-hydrogen) atoms. The van der Waals surface area contributed by atoms with Gasteiger partial charge >= 0.3 is 0 Å². The van der Waals surface area contributed by atoms with Gasteiger partial charge in [0.2, 0.25) is 0 Å². The van der Waals surface area contributed by atoms with Crippen molar-refractivity contribution in [1.29, 1.82) is 0 Å². The summed E-state index contributed by atoms with van der Waals surface area (Å²) in [6.07, 6.45) is 1.48. The number of hydrogen-bond donors (Lipinski definition) is 2. The van der Waals surface area contributed by atoms with E-state index in [9.17, 15) is 14.0 Å². The van der Waals surface area contributed by atoms with Crippen LogP contribution in [0.25, 0.3) is 0 Å². The van der Waals surface area contributed by atoms with Gasteiger partial charge in [-0.15, -0.1) is 24.0 Å². The molecule has 0 atom stereocenters. The van der Waals surface area contributed by atoms with Crippen LogP contribution in [-0.2, 0) is 6.54 Å². The molecule has 2 N–H and O–H groups in total. The third-order valence-electron chi connectivity index (χ3n) is 4.58. The minimum absolute atomic E-state index is 0. The highest BCUT2D eigenvalue weighted by molar-refractivity contribution is 14.0. The first kappa shape index (κ1) is 22.8. The molecule has 0 unspecified atom stereocenters. The van der Waals surface area contributed by atoms with Gasteiger partial charge in [0.15, 0.2) is 5.96 Å². The number of unbranched alkanes of at least 4 members (excludes halogenated alkanes) is 1. The first-order chi connectivity index (χ1) is 13.6. The molecule has 2 aromatic rings. The summed E-state index contributed by atoms with van der Waals surface area (Å²) >= 11 is 0. The normalized spacial score (nSPS) is 13.2. The van der Waals surface area contributed by atoms with Crippen LogP contribution in [0.15, 0.2) is 53.5 Å². The molecule has 0 spiro atoms. The Bertz CT molecular complexity index is 852. The summed E-state index contributed by atoms with van der Waals surface area (Å²) in [7, 11) is 1.68. The van der Waals surface area contributed by atoms with Crippen molar-refractivity contribution in [2.75, 3.05) is 20.1 Å². The number of aliphatic imine (C=N–C) groups is 1. The molecule has 0 aliphatic carbocycles. The Morgan fingerprint density at radius 3 is 2.17 bits per heavy atom. The topological polar surface area (TPSA) is 73.8 Å². The van der Waals surface area contributed by atoms with E-state index >= 15 is 0 Å². The fraction of sp³-hybridized carbons (Fsp3) is 0.286. The molecule has 1 aliphatic rings. The number of halogens is 2. The lowest BCUT2D eigenvalue weighted by Crippen LogP contribution is -2.37. The zero-order valence-corrected chi connectivity index (χ0v) is 18.5. The van der Waals surface area contributed by atoms with Crippen LogP contribution in [0.1, 0.15) is 39.1 Å². The fourth-order valence-electron chi connectivity index (χ4n) is 3.05. The maximum Gasteiger partial charge on any atom is 0.261 e. The number of hydrogen-bond acceptors (Lipinski definition) is 3. The Labute approximate surface area is 186 Å². The second kappa shape index (κ2) is 10.9. The molecular formula is C21H24FIN4O2. The van der Waals surface area contributed by atoms with Crippen LogP contribution in [0.2, 0.25) is 0 Å². The molecule has 2 amide bonds. The second-order valence-electron chi connectivity index (χ2n) is 6.49. The summed E-state index contributed by atoms with van der Waals surface area (Å²) in [6.45, 7) is 1.59. The Morgan fingerprint density at radius 2 is 1.59 bits per heavy atom. The van der Waals surface area contributed by atoms with Gasteiger partial charge in [-0.3, -0.25) is 19.5 Å². The monoisotopic (exact) mass is 510 g/mol. The molecule has 2 aromatic carbocycles. The lowest BCUT2D eigenvalue weighted by Gasteiger charge is -2.15.